The maximum Gasteiger partial charge on any atom is 0.412 e. The van der Waals surface area contributed by atoms with Gasteiger partial charge in [0.25, 0.3) is 0 Å². The van der Waals surface area contributed by atoms with Crippen LogP contribution >= 0.6 is 0 Å². The topological polar surface area (TPSA) is 84.9 Å². The van der Waals surface area contributed by atoms with Crippen LogP contribution in [0.5, 0.6) is 5.75 Å². The number of benzene rings is 1. The van der Waals surface area contributed by atoms with E-state index in [9.17, 15) is 9.59 Å². The van der Waals surface area contributed by atoms with Crippen LogP contribution in [0.1, 0.15) is 17.3 Å². The van der Waals surface area contributed by atoms with E-state index in [-0.39, 0.29) is 23.6 Å². The van der Waals surface area contributed by atoms with E-state index < -0.39 is 12.1 Å². The average Bonchev–Trinajstić information content (AvgIpc) is 2.38. The molecule has 0 aromatic heterocycles. The molecule has 0 bridgehead atoms. The number of para-hydroxylation sites is 1. The monoisotopic (exact) mass is 265 g/mol. The Labute approximate surface area is 110 Å². The lowest BCUT2D eigenvalue weighted by molar-refractivity contribution is 0.0697. The van der Waals surface area contributed by atoms with E-state index in [1.54, 1.807) is 13.0 Å². The lowest BCUT2D eigenvalue weighted by Crippen LogP contribution is -2.17. The quantitative estimate of drug-likeness (QED) is 0.772. The number of carbonyl (C=O) groups is 2. The summed E-state index contributed by atoms with van der Waals surface area (Å²) >= 11 is 0. The number of nitrogens with one attached hydrogen (secondary N) is 1. The third-order valence-corrected chi connectivity index (χ3v) is 2.12. The first-order chi connectivity index (χ1) is 9.10. The minimum Gasteiger partial charge on any atom is -0.492 e. The first-order valence-corrected chi connectivity index (χ1v) is 5.64. The lowest BCUT2D eigenvalue weighted by atomic mass is 10.1. The van der Waals surface area contributed by atoms with Gasteiger partial charge in [-0.15, -0.1) is 0 Å². The van der Waals surface area contributed by atoms with Crippen LogP contribution in [0, 0.1) is 0 Å². The summed E-state index contributed by atoms with van der Waals surface area (Å²) in [6.07, 6.45) is 0.640. The molecule has 1 aromatic rings. The lowest BCUT2D eigenvalue weighted by Gasteiger charge is -2.13. The van der Waals surface area contributed by atoms with E-state index in [1.807, 2.05) is 0 Å². The molecule has 0 atom stereocenters. The molecule has 1 amide bonds. The highest BCUT2D eigenvalue weighted by Crippen LogP contribution is 2.28. The van der Waals surface area contributed by atoms with Gasteiger partial charge in [-0.25, -0.2) is 9.59 Å². The number of anilines is 1. The molecule has 6 heteroatoms. The van der Waals surface area contributed by atoms with Gasteiger partial charge in [-0.05, 0) is 19.1 Å². The molecule has 0 aliphatic carbocycles. The van der Waals surface area contributed by atoms with Crippen molar-refractivity contribution in [2.75, 3.05) is 18.5 Å². The number of hydrogen-bond donors (Lipinski definition) is 2. The molecule has 0 aliphatic heterocycles. The van der Waals surface area contributed by atoms with Gasteiger partial charge in [-0.2, -0.15) is 0 Å². The van der Waals surface area contributed by atoms with Crippen LogP contribution in [0.4, 0.5) is 10.5 Å². The summed E-state index contributed by atoms with van der Waals surface area (Å²) in [5.74, 6) is -0.890. The molecular weight excluding hydrogens is 250 g/mol. The Balaban J connectivity index is 3.03. The van der Waals surface area contributed by atoms with Gasteiger partial charge in [0.2, 0.25) is 0 Å². The Morgan fingerprint density at radius 2 is 2.21 bits per heavy atom. The highest BCUT2D eigenvalue weighted by atomic mass is 16.5. The molecule has 1 rings (SSSR count). The zero-order valence-electron chi connectivity index (χ0n) is 10.5. The Bertz CT molecular complexity index is 484. The second kappa shape index (κ2) is 7.05. The highest BCUT2D eigenvalue weighted by Gasteiger charge is 2.17. The minimum atomic E-state index is -1.17. The molecule has 0 aliphatic rings. The molecule has 0 fully saturated rings. The Morgan fingerprint density at radius 1 is 1.47 bits per heavy atom. The molecule has 0 unspecified atom stereocenters. The van der Waals surface area contributed by atoms with Crippen molar-refractivity contribution in [2.24, 2.45) is 0 Å². The van der Waals surface area contributed by atoms with Gasteiger partial charge in [0.1, 0.15) is 18.0 Å². The summed E-state index contributed by atoms with van der Waals surface area (Å²) in [5, 5.41) is 11.4. The van der Waals surface area contributed by atoms with Crippen molar-refractivity contribution in [3.63, 3.8) is 0 Å². The molecule has 0 saturated carbocycles. The molecule has 0 spiro atoms. The van der Waals surface area contributed by atoms with Crippen molar-refractivity contribution in [3.8, 4) is 5.75 Å². The second-order valence-electron chi connectivity index (χ2n) is 3.43. The third kappa shape index (κ3) is 4.02. The van der Waals surface area contributed by atoms with Crippen molar-refractivity contribution in [2.45, 2.75) is 6.92 Å². The Kier molecular flexibility index (Phi) is 5.40. The molecule has 0 saturated heterocycles. The average molecular weight is 265 g/mol. The van der Waals surface area contributed by atoms with Crippen LogP contribution in [-0.2, 0) is 4.74 Å². The fourth-order valence-corrected chi connectivity index (χ4v) is 1.39. The Hall–Kier alpha value is -2.50. The van der Waals surface area contributed by atoms with E-state index in [4.69, 9.17) is 14.6 Å². The molecule has 0 radical (unpaired) electrons. The van der Waals surface area contributed by atoms with Gasteiger partial charge < -0.3 is 14.6 Å². The molecule has 19 heavy (non-hydrogen) atoms. The molecule has 1 aromatic carbocycles. The number of carbonyl (C=O) groups excluding carboxylic acids is 1. The summed E-state index contributed by atoms with van der Waals surface area (Å²) in [5.41, 5.74) is 0.00687. The zero-order chi connectivity index (χ0) is 14.3. The summed E-state index contributed by atoms with van der Waals surface area (Å²) in [7, 11) is 0. The van der Waals surface area contributed by atoms with Crippen molar-refractivity contribution in [1.29, 1.82) is 0 Å². The smallest absolute Gasteiger partial charge is 0.412 e. The number of aromatic carboxylic acids is 1. The summed E-state index contributed by atoms with van der Waals surface area (Å²) in [4.78, 5) is 22.6. The standard InChI is InChI=1S/C13H15NO5/c1-3-8-19-13(17)14-11-9(12(15)16)6-5-7-10(11)18-4-2/h3,5-7H,1,4,8H2,2H3,(H,14,17)(H,15,16). The summed E-state index contributed by atoms with van der Waals surface area (Å²) in [6, 6.07) is 4.47. The van der Waals surface area contributed by atoms with Crippen LogP contribution in [0.2, 0.25) is 0 Å². The predicted octanol–water partition coefficient (Wildman–Crippen LogP) is 2.52. The maximum absolute atomic E-state index is 11.5. The molecule has 6 nitrogen and oxygen atoms in total. The molecule has 102 valence electrons. The van der Waals surface area contributed by atoms with Gasteiger partial charge in [-0.3, -0.25) is 5.32 Å². The van der Waals surface area contributed by atoms with Crippen LogP contribution < -0.4 is 10.1 Å². The van der Waals surface area contributed by atoms with Crippen LogP contribution in [0.15, 0.2) is 30.9 Å². The highest BCUT2D eigenvalue weighted by molar-refractivity contribution is 6.00. The van der Waals surface area contributed by atoms with E-state index in [0.717, 1.165) is 0 Å². The van der Waals surface area contributed by atoms with Crippen molar-refractivity contribution < 1.29 is 24.2 Å². The number of amides is 1. The van der Waals surface area contributed by atoms with Gasteiger partial charge in [0.15, 0.2) is 0 Å². The maximum atomic E-state index is 11.5. The number of carboxylic acids is 1. The van der Waals surface area contributed by atoms with E-state index in [0.29, 0.717) is 6.61 Å². The summed E-state index contributed by atoms with van der Waals surface area (Å²) < 4.78 is 10.0. The third-order valence-electron chi connectivity index (χ3n) is 2.12. The first-order valence-electron chi connectivity index (χ1n) is 5.64. The van der Waals surface area contributed by atoms with Crippen LogP contribution in [0.3, 0.4) is 0 Å². The number of carboxylic acid groups (broad SMARTS) is 1. The minimum absolute atomic E-state index is 0.0328. The predicted molar refractivity (Wildman–Crippen MR) is 69.7 cm³/mol. The number of hydrogen-bond acceptors (Lipinski definition) is 4. The van der Waals surface area contributed by atoms with Gasteiger partial charge in [-0.1, -0.05) is 18.7 Å². The fraction of sp³-hybridized carbons (Fsp3) is 0.231. The second-order valence-corrected chi connectivity index (χ2v) is 3.43. The van der Waals surface area contributed by atoms with Crippen molar-refractivity contribution >= 4 is 17.7 Å². The van der Waals surface area contributed by atoms with E-state index in [1.165, 1.54) is 18.2 Å². The van der Waals surface area contributed by atoms with Crippen molar-refractivity contribution in [3.05, 3.63) is 36.4 Å². The van der Waals surface area contributed by atoms with E-state index in [2.05, 4.69) is 11.9 Å². The zero-order valence-corrected chi connectivity index (χ0v) is 10.5. The van der Waals surface area contributed by atoms with Gasteiger partial charge in [0.05, 0.1) is 12.2 Å². The SMILES string of the molecule is C=CCOC(=O)Nc1c(OCC)cccc1C(=O)O. The molecule has 2 N–H and O–H groups in total. The van der Waals surface area contributed by atoms with Crippen molar-refractivity contribution in [1.82, 2.24) is 0 Å². The fourth-order valence-electron chi connectivity index (χ4n) is 1.39. The summed E-state index contributed by atoms with van der Waals surface area (Å²) in [6.45, 7) is 5.55. The largest absolute Gasteiger partial charge is 0.492 e. The Morgan fingerprint density at radius 3 is 2.79 bits per heavy atom. The molecular formula is C13H15NO5. The molecule has 0 heterocycles. The van der Waals surface area contributed by atoms with Crippen LogP contribution in [0.25, 0.3) is 0 Å². The van der Waals surface area contributed by atoms with Gasteiger partial charge in [0, 0.05) is 0 Å². The first kappa shape index (κ1) is 14.6. The number of ether oxygens (including phenoxy) is 2. The van der Waals surface area contributed by atoms with Gasteiger partial charge >= 0.3 is 12.1 Å². The van der Waals surface area contributed by atoms with E-state index >= 15 is 0 Å². The van der Waals surface area contributed by atoms with Crippen LogP contribution in [-0.4, -0.2) is 30.4 Å². The number of rotatable bonds is 6. The normalized spacial score (nSPS) is 9.53.